The molecule has 0 bridgehead atoms. The van der Waals surface area contributed by atoms with Crippen LogP contribution in [0.25, 0.3) is 0 Å². The summed E-state index contributed by atoms with van der Waals surface area (Å²) in [5, 5.41) is 11.0. The fourth-order valence-electron chi connectivity index (χ4n) is 3.21. The predicted molar refractivity (Wildman–Crippen MR) is 124 cm³/mol. The van der Waals surface area contributed by atoms with Crippen LogP contribution in [0.3, 0.4) is 0 Å². The van der Waals surface area contributed by atoms with Gasteiger partial charge in [-0.3, -0.25) is 4.90 Å². The Morgan fingerprint density at radius 2 is 1.77 bits per heavy atom. The number of halogens is 3. The number of aliphatic hydroxyl groups excluding tert-OH is 1. The number of esters is 1. The van der Waals surface area contributed by atoms with Gasteiger partial charge in [0.25, 0.3) is 0 Å². The Balaban J connectivity index is 0.00000225. The molecule has 30 heavy (non-hydrogen) atoms. The fraction of sp³-hybridized carbons (Fsp3) is 0.381. The molecule has 1 heterocycles. The van der Waals surface area contributed by atoms with Crippen LogP contribution in [0.15, 0.2) is 48.5 Å². The molecule has 0 radical (unpaired) electrons. The fourth-order valence-corrected chi connectivity index (χ4v) is 3.39. The Labute approximate surface area is 194 Å². The van der Waals surface area contributed by atoms with E-state index in [1.165, 1.54) is 7.11 Å². The molecule has 1 aliphatic heterocycles. The quantitative estimate of drug-likeness (QED) is 0.616. The van der Waals surface area contributed by atoms with E-state index in [2.05, 4.69) is 20.6 Å². The van der Waals surface area contributed by atoms with Gasteiger partial charge in [-0.1, -0.05) is 17.7 Å². The van der Waals surface area contributed by atoms with E-state index in [1.807, 2.05) is 18.2 Å². The van der Waals surface area contributed by atoms with Crippen molar-refractivity contribution in [2.45, 2.75) is 6.10 Å². The summed E-state index contributed by atoms with van der Waals surface area (Å²) in [4.78, 5) is 16.0. The number of aliphatic hydroxyl groups is 1. The summed E-state index contributed by atoms with van der Waals surface area (Å²) in [5.74, 6) is 0.223. The highest BCUT2D eigenvalue weighted by Crippen LogP contribution is 2.21. The van der Waals surface area contributed by atoms with Crippen molar-refractivity contribution >= 4 is 48.1 Å². The number of anilines is 1. The van der Waals surface area contributed by atoms with Crippen molar-refractivity contribution in [2.75, 3.05) is 51.3 Å². The normalized spacial score (nSPS) is 14.8. The van der Waals surface area contributed by atoms with E-state index >= 15 is 0 Å². The van der Waals surface area contributed by atoms with Gasteiger partial charge in [0.1, 0.15) is 18.5 Å². The maximum atomic E-state index is 11.4. The molecule has 3 rings (SSSR count). The first-order valence-corrected chi connectivity index (χ1v) is 9.65. The lowest BCUT2D eigenvalue weighted by Crippen LogP contribution is -2.49. The number of hydrogen-bond acceptors (Lipinski definition) is 6. The maximum Gasteiger partial charge on any atom is 0.337 e. The number of ether oxygens (including phenoxy) is 2. The highest BCUT2D eigenvalue weighted by molar-refractivity contribution is 6.30. The predicted octanol–water partition coefficient (Wildman–Crippen LogP) is 3.53. The summed E-state index contributed by atoms with van der Waals surface area (Å²) in [7, 11) is 1.35. The minimum Gasteiger partial charge on any atom is -0.491 e. The first-order chi connectivity index (χ1) is 13.5. The van der Waals surface area contributed by atoms with Gasteiger partial charge in [0.05, 0.1) is 12.7 Å². The van der Waals surface area contributed by atoms with Crippen LogP contribution in [0.2, 0.25) is 5.02 Å². The molecule has 2 aromatic rings. The zero-order chi connectivity index (χ0) is 19.9. The first-order valence-electron chi connectivity index (χ1n) is 9.27. The zero-order valence-electron chi connectivity index (χ0n) is 16.7. The third-order valence-corrected chi connectivity index (χ3v) is 4.97. The molecule has 1 fully saturated rings. The van der Waals surface area contributed by atoms with E-state index in [0.717, 1.165) is 36.9 Å². The second-order valence-electron chi connectivity index (χ2n) is 6.75. The molecule has 0 spiro atoms. The number of nitrogens with zero attached hydrogens (tertiary/aromatic N) is 2. The second-order valence-corrected chi connectivity index (χ2v) is 7.18. The largest absolute Gasteiger partial charge is 0.491 e. The van der Waals surface area contributed by atoms with E-state index in [4.69, 9.17) is 16.3 Å². The van der Waals surface area contributed by atoms with Gasteiger partial charge in [0.2, 0.25) is 0 Å². The average molecular weight is 478 g/mol. The average Bonchev–Trinajstić information content (AvgIpc) is 2.72. The SMILES string of the molecule is COC(=O)c1ccc(OCC(O)CN2CCN(c3cccc(Cl)c3)CC2)cc1.Cl.Cl. The van der Waals surface area contributed by atoms with Crippen LogP contribution in [0.5, 0.6) is 5.75 Å². The molecular formula is C21H27Cl3N2O4. The van der Waals surface area contributed by atoms with Crippen LogP contribution < -0.4 is 9.64 Å². The van der Waals surface area contributed by atoms with E-state index in [1.54, 1.807) is 24.3 Å². The molecule has 6 nitrogen and oxygen atoms in total. The monoisotopic (exact) mass is 476 g/mol. The van der Waals surface area contributed by atoms with Crippen molar-refractivity contribution in [1.29, 1.82) is 0 Å². The number of methoxy groups -OCH3 is 1. The Hall–Kier alpha value is -1.70. The van der Waals surface area contributed by atoms with Crippen LogP contribution >= 0.6 is 36.4 Å². The zero-order valence-corrected chi connectivity index (χ0v) is 19.1. The minimum absolute atomic E-state index is 0. The third-order valence-electron chi connectivity index (χ3n) is 4.73. The van der Waals surface area contributed by atoms with Crippen LogP contribution in [0.1, 0.15) is 10.4 Å². The topological polar surface area (TPSA) is 62.2 Å². The summed E-state index contributed by atoms with van der Waals surface area (Å²) >= 11 is 6.07. The molecule has 1 N–H and O–H groups in total. The highest BCUT2D eigenvalue weighted by Gasteiger charge is 2.20. The molecule has 1 aliphatic rings. The van der Waals surface area contributed by atoms with Crippen molar-refractivity contribution in [3.63, 3.8) is 0 Å². The lowest BCUT2D eigenvalue weighted by Gasteiger charge is -2.36. The van der Waals surface area contributed by atoms with Crippen molar-refractivity contribution < 1.29 is 19.4 Å². The Kier molecular flexibility index (Phi) is 11.3. The molecule has 0 amide bonds. The van der Waals surface area contributed by atoms with Crippen molar-refractivity contribution in [2.24, 2.45) is 0 Å². The molecule has 166 valence electrons. The second kappa shape index (κ2) is 12.9. The Morgan fingerprint density at radius 1 is 1.10 bits per heavy atom. The summed E-state index contributed by atoms with van der Waals surface area (Å²) in [6.07, 6.45) is -0.585. The number of carbonyl (C=O) groups excluding carboxylic acids is 1. The number of benzene rings is 2. The molecule has 0 aromatic heterocycles. The summed E-state index contributed by atoms with van der Waals surface area (Å²) in [6, 6.07) is 14.6. The summed E-state index contributed by atoms with van der Waals surface area (Å²) < 4.78 is 10.3. The van der Waals surface area contributed by atoms with Crippen molar-refractivity contribution in [1.82, 2.24) is 4.90 Å². The van der Waals surface area contributed by atoms with Gasteiger partial charge >= 0.3 is 5.97 Å². The standard InChI is InChI=1S/C21H25ClN2O4.2ClH/c1-27-21(26)16-5-7-20(8-6-16)28-15-19(25)14-23-9-11-24(12-10-23)18-4-2-3-17(22)13-18;;/h2-8,13,19,25H,9-12,14-15H2,1H3;2*1H. The van der Waals surface area contributed by atoms with Crippen LogP contribution in [-0.4, -0.2) is 68.5 Å². The summed E-state index contributed by atoms with van der Waals surface area (Å²) in [6.45, 7) is 4.29. The van der Waals surface area contributed by atoms with Crippen LogP contribution in [0.4, 0.5) is 5.69 Å². The maximum absolute atomic E-state index is 11.4. The smallest absolute Gasteiger partial charge is 0.337 e. The van der Waals surface area contributed by atoms with Crippen LogP contribution in [0, 0.1) is 0 Å². The van der Waals surface area contributed by atoms with Gasteiger partial charge in [-0.15, -0.1) is 24.8 Å². The lowest BCUT2D eigenvalue weighted by atomic mass is 10.2. The van der Waals surface area contributed by atoms with Gasteiger partial charge in [-0.2, -0.15) is 0 Å². The highest BCUT2D eigenvalue weighted by atomic mass is 35.5. The summed E-state index contributed by atoms with van der Waals surface area (Å²) in [5.41, 5.74) is 1.60. The molecule has 2 aromatic carbocycles. The minimum atomic E-state index is -0.585. The Morgan fingerprint density at radius 3 is 2.37 bits per heavy atom. The first kappa shape index (κ1) is 26.3. The number of β-amino-alcohol motifs (C(OH)–C–C–N with tert-alkyl or cyclic N) is 1. The number of rotatable bonds is 7. The van der Waals surface area contributed by atoms with E-state index in [9.17, 15) is 9.90 Å². The van der Waals surface area contributed by atoms with Gasteiger partial charge in [0, 0.05) is 43.4 Å². The van der Waals surface area contributed by atoms with Crippen molar-refractivity contribution in [3.05, 3.63) is 59.1 Å². The van der Waals surface area contributed by atoms with E-state index in [0.29, 0.717) is 17.9 Å². The van der Waals surface area contributed by atoms with Gasteiger partial charge in [0.15, 0.2) is 0 Å². The van der Waals surface area contributed by atoms with Gasteiger partial charge < -0.3 is 19.5 Å². The number of hydrogen-bond donors (Lipinski definition) is 1. The van der Waals surface area contributed by atoms with E-state index in [-0.39, 0.29) is 37.4 Å². The van der Waals surface area contributed by atoms with E-state index < -0.39 is 6.10 Å². The third kappa shape index (κ3) is 7.52. The Bertz CT molecular complexity index is 784. The molecule has 1 atom stereocenters. The number of carbonyl (C=O) groups is 1. The molecule has 0 aliphatic carbocycles. The van der Waals surface area contributed by atoms with Crippen LogP contribution in [-0.2, 0) is 4.74 Å². The van der Waals surface area contributed by atoms with Crippen molar-refractivity contribution in [3.8, 4) is 5.75 Å². The van der Waals surface area contributed by atoms with Gasteiger partial charge in [-0.05, 0) is 42.5 Å². The van der Waals surface area contributed by atoms with Gasteiger partial charge in [-0.25, -0.2) is 4.79 Å². The molecule has 1 saturated heterocycles. The lowest BCUT2D eigenvalue weighted by molar-refractivity contribution is 0.0599. The molecule has 0 saturated carbocycles. The molecular weight excluding hydrogens is 451 g/mol. The molecule has 1 unspecified atom stereocenters. The molecule has 9 heteroatoms. The number of piperazine rings is 1.